The number of halogens is 1. The molecule has 2 heterocycles. The maximum absolute atomic E-state index is 13.0. The number of anilines is 1. The van der Waals surface area contributed by atoms with Crippen molar-refractivity contribution in [1.82, 2.24) is 9.38 Å². The summed E-state index contributed by atoms with van der Waals surface area (Å²) in [7, 11) is 3.00. The Morgan fingerprint density at radius 2 is 1.90 bits per heavy atom. The minimum atomic E-state index is -0.394. The van der Waals surface area contributed by atoms with Gasteiger partial charge in [-0.25, -0.2) is 0 Å². The molecular weight excluding hydrogens is 446 g/mol. The van der Waals surface area contributed by atoms with Gasteiger partial charge in [0.05, 0.1) is 25.1 Å². The van der Waals surface area contributed by atoms with Crippen LogP contribution in [0.15, 0.2) is 35.1 Å². The quantitative estimate of drug-likeness (QED) is 0.426. The van der Waals surface area contributed by atoms with Crippen LogP contribution in [0.25, 0.3) is 16.6 Å². The zero-order valence-electron chi connectivity index (χ0n) is 16.2. The molecule has 1 amide bonds. The summed E-state index contributed by atoms with van der Waals surface area (Å²) < 4.78 is 12.7. The first kappa shape index (κ1) is 20.4. The summed E-state index contributed by atoms with van der Waals surface area (Å²) in [4.78, 5) is 28.8. The number of amides is 1. The molecule has 30 heavy (non-hydrogen) atoms. The molecule has 0 saturated heterocycles. The van der Waals surface area contributed by atoms with Crippen LogP contribution in [0.5, 0.6) is 11.5 Å². The van der Waals surface area contributed by atoms with E-state index < -0.39 is 5.91 Å². The standard InChI is InChI=1S/C20H16ClN3O4S2/c1-9-4-5-10(21)6-12(9)22-19(26)16-17-23-18(25)11-7-14(27-2)15(28-3)8-13(11)24(17)20(29)30-16/h4-8H,1-3H3,(H,22,26)(H,23,25). The molecule has 0 saturated carbocycles. The Balaban J connectivity index is 1.92. The van der Waals surface area contributed by atoms with Crippen molar-refractivity contribution in [1.29, 1.82) is 0 Å². The van der Waals surface area contributed by atoms with Crippen LogP contribution in [0.4, 0.5) is 5.69 Å². The largest absolute Gasteiger partial charge is 0.493 e. The first-order valence-corrected chi connectivity index (χ1v) is 10.4. The number of aromatic nitrogens is 2. The van der Waals surface area contributed by atoms with Gasteiger partial charge < -0.3 is 19.8 Å². The van der Waals surface area contributed by atoms with Crippen molar-refractivity contribution in [3.05, 3.63) is 60.1 Å². The number of benzene rings is 2. The second-order valence-corrected chi connectivity index (χ2v) is 8.55. The Bertz CT molecular complexity index is 1440. The zero-order chi connectivity index (χ0) is 21.6. The number of thiazole rings is 1. The molecule has 2 N–H and O–H groups in total. The number of nitrogens with one attached hydrogen (secondary N) is 2. The lowest BCUT2D eigenvalue weighted by molar-refractivity contribution is 0.103. The van der Waals surface area contributed by atoms with Crippen molar-refractivity contribution < 1.29 is 14.3 Å². The van der Waals surface area contributed by atoms with E-state index in [2.05, 4.69) is 10.3 Å². The molecular formula is C20H16ClN3O4S2. The molecule has 4 aromatic rings. The Hall–Kier alpha value is -2.88. The zero-order valence-corrected chi connectivity index (χ0v) is 18.6. The minimum Gasteiger partial charge on any atom is -0.493 e. The summed E-state index contributed by atoms with van der Waals surface area (Å²) in [5.41, 5.74) is 1.90. The second kappa shape index (κ2) is 7.75. The summed E-state index contributed by atoms with van der Waals surface area (Å²) >= 11 is 12.7. The molecule has 0 bridgehead atoms. The number of rotatable bonds is 4. The van der Waals surface area contributed by atoms with Crippen molar-refractivity contribution >= 4 is 63.3 Å². The summed E-state index contributed by atoms with van der Waals surface area (Å²) in [5.74, 6) is 0.478. The predicted octanol–water partition coefficient (Wildman–Crippen LogP) is 4.80. The highest BCUT2D eigenvalue weighted by atomic mass is 35.5. The average molecular weight is 462 g/mol. The fraction of sp³-hybridized carbons (Fsp3) is 0.150. The van der Waals surface area contributed by atoms with E-state index in [1.807, 2.05) is 13.0 Å². The third kappa shape index (κ3) is 3.34. The van der Waals surface area contributed by atoms with E-state index in [0.29, 0.717) is 42.7 Å². The fourth-order valence-electron chi connectivity index (χ4n) is 3.18. The van der Waals surface area contributed by atoms with Gasteiger partial charge in [0, 0.05) is 16.8 Å². The summed E-state index contributed by atoms with van der Waals surface area (Å²) in [6, 6.07) is 8.48. The fourth-order valence-corrected chi connectivity index (χ4v) is 4.63. The van der Waals surface area contributed by atoms with Gasteiger partial charge >= 0.3 is 0 Å². The van der Waals surface area contributed by atoms with Crippen LogP contribution in [0.1, 0.15) is 15.2 Å². The van der Waals surface area contributed by atoms with Gasteiger partial charge in [0.1, 0.15) is 10.5 Å². The summed E-state index contributed by atoms with van der Waals surface area (Å²) in [6.07, 6.45) is 0. The number of carbonyl (C=O) groups excluding carboxylic acids is 1. The molecule has 4 rings (SSSR count). The molecule has 0 aliphatic carbocycles. The minimum absolute atomic E-state index is 0.285. The van der Waals surface area contributed by atoms with E-state index in [4.69, 9.17) is 33.3 Å². The van der Waals surface area contributed by atoms with E-state index in [1.165, 1.54) is 14.2 Å². The SMILES string of the molecule is COc1cc2c(=O)[nH]c3c(C(=O)Nc4cc(Cl)ccc4C)sc(=S)n3c2cc1OC. The molecule has 2 aromatic heterocycles. The molecule has 0 unspecified atom stereocenters. The second-order valence-electron chi connectivity index (χ2n) is 6.47. The van der Waals surface area contributed by atoms with Gasteiger partial charge in [0.15, 0.2) is 15.5 Å². The average Bonchev–Trinajstić information content (AvgIpc) is 3.06. The summed E-state index contributed by atoms with van der Waals surface area (Å²) in [5, 5.41) is 3.71. The number of carbonyl (C=O) groups is 1. The highest BCUT2D eigenvalue weighted by Crippen LogP contribution is 2.33. The van der Waals surface area contributed by atoms with Crippen LogP contribution in [0, 0.1) is 10.9 Å². The molecule has 154 valence electrons. The van der Waals surface area contributed by atoms with Crippen LogP contribution in [0.3, 0.4) is 0 Å². The van der Waals surface area contributed by atoms with Crippen molar-refractivity contribution in [2.75, 3.05) is 19.5 Å². The van der Waals surface area contributed by atoms with Crippen LogP contribution in [0.2, 0.25) is 5.02 Å². The van der Waals surface area contributed by atoms with Crippen LogP contribution in [-0.4, -0.2) is 29.5 Å². The lowest BCUT2D eigenvalue weighted by Gasteiger charge is -2.11. The molecule has 0 fully saturated rings. The number of ether oxygens (including phenoxy) is 2. The van der Waals surface area contributed by atoms with Crippen LogP contribution < -0.4 is 20.3 Å². The van der Waals surface area contributed by atoms with Crippen LogP contribution >= 0.6 is 35.2 Å². The smallest absolute Gasteiger partial charge is 0.269 e. The Labute approximate surface area is 184 Å². The topological polar surface area (TPSA) is 84.8 Å². The first-order chi connectivity index (χ1) is 14.3. The van der Waals surface area contributed by atoms with Gasteiger partial charge in [-0.1, -0.05) is 29.0 Å². The number of fused-ring (bicyclic) bond motifs is 3. The number of hydrogen-bond acceptors (Lipinski definition) is 6. The number of nitrogens with zero attached hydrogens (tertiary/aromatic N) is 1. The molecule has 7 nitrogen and oxygen atoms in total. The molecule has 2 aromatic carbocycles. The number of H-pyrrole nitrogens is 1. The van der Waals surface area contributed by atoms with Gasteiger partial charge in [-0.2, -0.15) is 0 Å². The molecule has 0 spiro atoms. The molecule has 0 atom stereocenters. The number of aromatic amines is 1. The number of methoxy groups -OCH3 is 2. The molecule has 0 aliphatic heterocycles. The Kier molecular flexibility index (Phi) is 5.27. The number of aryl methyl sites for hydroxylation is 1. The molecule has 10 heteroatoms. The third-order valence-electron chi connectivity index (χ3n) is 4.68. The van der Waals surface area contributed by atoms with E-state index in [0.717, 1.165) is 16.9 Å². The highest BCUT2D eigenvalue weighted by Gasteiger charge is 2.20. The predicted molar refractivity (Wildman–Crippen MR) is 121 cm³/mol. The van der Waals surface area contributed by atoms with Gasteiger partial charge in [-0.05, 0) is 42.9 Å². The van der Waals surface area contributed by atoms with Gasteiger partial charge in [0.2, 0.25) is 0 Å². The normalized spacial score (nSPS) is 11.1. The lowest BCUT2D eigenvalue weighted by atomic mass is 10.2. The van der Waals surface area contributed by atoms with E-state index in [9.17, 15) is 9.59 Å². The van der Waals surface area contributed by atoms with Crippen molar-refractivity contribution in [3.63, 3.8) is 0 Å². The van der Waals surface area contributed by atoms with Gasteiger partial charge in [-0.15, -0.1) is 0 Å². The van der Waals surface area contributed by atoms with Crippen molar-refractivity contribution in [2.24, 2.45) is 0 Å². The molecule has 0 aliphatic rings. The third-order valence-corrected chi connectivity index (χ3v) is 6.29. The maximum atomic E-state index is 13.0. The van der Waals surface area contributed by atoms with Crippen molar-refractivity contribution in [2.45, 2.75) is 6.92 Å². The van der Waals surface area contributed by atoms with Gasteiger partial charge in [-0.3, -0.25) is 14.0 Å². The highest BCUT2D eigenvalue weighted by molar-refractivity contribution is 7.73. The van der Waals surface area contributed by atoms with Gasteiger partial charge in [0.25, 0.3) is 11.5 Å². The monoisotopic (exact) mass is 461 g/mol. The Morgan fingerprint density at radius 1 is 1.20 bits per heavy atom. The van der Waals surface area contributed by atoms with E-state index in [1.54, 1.807) is 28.7 Å². The van der Waals surface area contributed by atoms with Crippen molar-refractivity contribution in [3.8, 4) is 11.5 Å². The maximum Gasteiger partial charge on any atom is 0.269 e. The van der Waals surface area contributed by atoms with E-state index >= 15 is 0 Å². The van der Waals surface area contributed by atoms with Crippen LogP contribution in [-0.2, 0) is 0 Å². The molecule has 0 radical (unpaired) electrons. The first-order valence-electron chi connectivity index (χ1n) is 8.75. The summed E-state index contributed by atoms with van der Waals surface area (Å²) in [6.45, 7) is 1.86. The lowest BCUT2D eigenvalue weighted by Crippen LogP contribution is -2.15. The van der Waals surface area contributed by atoms with E-state index in [-0.39, 0.29) is 10.4 Å². The Morgan fingerprint density at radius 3 is 2.60 bits per heavy atom. The number of hydrogen-bond donors (Lipinski definition) is 2.